The number of aromatic nitrogens is 1. The molecule has 6 nitrogen and oxygen atoms in total. The van der Waals surface area contributed by atoms with Crippen molar-refractivity contribution in [3.05, 3.63) is 77.6 Å². The van der Waals surface area contributed by atoms with E-state index < -0.39 is 0 Å². The molecule has 0 bridgehead atoms. The number of pyridine rings is 1. The average Bonchev–Trinajstić information content (AvgIpc) is 3.37. The molecule has 0 radical (unpaired) electrons. The van der Waals surface area contributed by atoms with Crippen LogP contribution in [-0.2, 0) is 11.3 Å². The van der Waals surface area contributed by atoms with Crippen LogP contribution in [0.3, 0.4) is 0 Å². The van der Waals surface area contributed by atoms with Crippen LogP contribution in [0.5, 0.6) is 11.5 Å². The third kappa shape index (κ3) is 4.86. The molecule has 6 heteroatoms. The molecule has 0 spiro atoms. The number of methoxy groups -OCH3 is 2. The normalized spacial score (nSPS) is 15.5. The van der Waals surface area contributed by atoms with E-state index in [4.69, 9.17) is 14.2 Å². The van der Waals surface area contributed by atoms with Crippen LogP contribution in [0.2, 0.25) is 0 Å². The van der Waals surface area contributed by atoms with Crippen LogP contribution < -0.4 is 9.47 Å². The summed E-state index contributed by atoms with van der Waals surface area (Å²) in [7, 11) is 3.24. The lowest BCUT2D eigenvalue weighted by Gasteiger charge is -2.19. The Labute approximate surface area is 195 Å². The molecule has 1 aliphatic rings. The number of hydrogen-bond donors (Lipinski definition) is 0. The first kappa shape index (κ1) is 22.8. The Morgan fingerprint density at radius 3 is 2.45 bits per heavy atom. The van der Waals surface area contributed by atoms with Crippen molar-refractivity contribution in [1.82, 2.24) is 9.88 Å². The van der Waals surface area contributed by atoms with Crippen molar-refractivity contribution in [3.8, 4) is 22.6 Å². The molecule has 1 amide bonds. The third-order valence-electron chi connectivity index (χ3n) is 6.10. The van der Waals surface area contributed by atoms with E-state index in [-0.39, 0.29) is 5.91 Å². The molecule has 1 atom stereocenters. The summed E-state index contributed by atoms with van der Waals surface area (Å²) in [6.07, 6.45) is 2.61. The molecular weight excluding hydrogens is 416 g/mol. The standard InChI is InChI=1S/C27H30N2O4/c1-4-33-18-23-22(26-24(31-2)11-8-12-25(26)32-3)15-21(16-28-23)27(30)29-14-13-20(17-29)19-9-6-5-7-10-19/h5-12,15-16,20H,4,13-14,17-18H2,1-3H3/t20-/m0/s1. The van der Waals surface area contributed by atoms with Crippen LogP contribution in [-0.4, -0.2) is 49.7 Å². The molecule has 33 heavy (non-hydrogen) atoms. The molecule has 0 aliphatic carbocycles. The average molecular weight is 447 g/mol. The van der Waals surface area contributed by atoms with Crippen molar-refractivity contribution in [2.75, 3.05) is 33.9 Å². The van der Waals surface area contributed by atoms with Gasteiger partial charge in [0.25, 0.3) is 5.91 Å². The SMILES string of the molecule is CCOCc1ncc(C(=O)N2CC[C@H](c3ccccc3)C2)cc1-c1c(OC)cccc1OC. The fourth-order valence-corrected chi connectivity index (χ4v) is 4.38. The number of amides is 1. The Hall–Kier alpha value is -3.38. The van der Waals surface area contributed by atoms with Crippen LogP contribution in [0, 0.1) is 0 Å². The molecule has 172 valence electrons. The predicted molar refractivity (Wildman–Crippen MR) is 128 cm³/mol. The van der Waals surface area contributed by atoms with E-state index in [0.29, 0.717) is 42.7 Å². The van der Waals surface area contributed by atoms with Gasteiger partial charge in [-0.1, -0.05) is 36.4 Å². The monoisotopic (exact) mass is 446 g/mol. The van der Waals surface area contributed by atoms with Gasteiger partial charge in [0.1, 0.15) is 11.5 Å². The van der Waals surface area contributed by atoms with Gasteiger partial charge in [-0.2, -0.15) is 0 Å². The highest BCUT2D eigenvalue weighted by molar-refractivity contribution is 5.96. The van der Waals surface area contributed by atoms with Gasteiger partial charge in [-0.15, -0.1) is 0 Å². The van der Waals surface area contributed by atoms with Gasteiger partial charge in [-0.3, -0.25) is 9.78 Å². The zero-order valence-corrected chi connectivity index (χ0v) is 19.4. The maximum atomic E-state index is 13.4. The van der Waals surface area contributed by atoms with Crippen molar-refractivity contribution >= 4 is 5.91 Å². The fourth-order valence-electron chi connectivity index (χ4n) is 4.38. The molecule has 0 saturated carbocycles. The Balaban J connectivity index is 1.68. The number of carbonyl (C=O) groups is 1. The summed E-state index contributed by atoms with van der Waals surface area (Å²) in [5.41, 5.74) is 4.11. The summed E-state index contributed by atoms with van der Waals surface area (Å²) >= 11 is 0. The minimum absolute atomic E-state index is 0.0148. The second kappa shape index (κ2) is 10.5. The molecule has 4 rings (SSSR count). The number of benzene rings is 2. The quantitative estimate of drug-likeness (QED) is 0.491. The smallest absolute Gasteiger partial charge is 0.255 e. The molecule has 1 aromatic heterocycles. The lowest BCUT2D eigenvalue weighted by Crippen LogP contribution is -2.28. The molecule has 3 aromatic rings. The van der Waals surface area contributed by atoms with Crippen molar-refractivity contribution < 1.29 is 19.0 Å². The Bertz CT molecular complexity index is 1080. The van der Waals surface area contributed by atoms with E-state index in [1.165, 1.54) is 5.56 Å². The molecular formula is C27H30N2O4. The second-order valence-corrected chi connectivity index (χ2v) is 8.04. The minimum Gasteiger partial charge on any atom is -0.496 e. The van der Waals surface area contributed by atoms with Gasteiger partial charge in [0.2, 0.25) is 0 Å². The molecule has 0 unspecified atom stereocenters. The first-order chi connectivity index (χ1) is 16.2. The van der Waals surface area contributed by atoms with Gasteiger partial charge in [0.15, 0.2) is 0 Å². The topological polar surface area (TPSA) is 60.9 Å². The molecule has 0 N–H and O–H groups in total. The van der Waals surface area contributed by atoms with E-state index in [9.17, 15) is 4.79 Å². The Morgan fingerprint density at radius 1 is 1.06 bits per heavy atom. The molecule has 2 heterocycles. The first-order valence-corrected chi connectivity index (χ1v) is 11.3. The largest absolute Gasteiger partial charge is 0.496 e. The summed E-state index contributed by atoms with van der Waals surface area (Å²) in [5.74, 6) is 1.65. The number of rotatable bonds is 8. The van der Waals surface area contributed by atoms with E-state index in [1.807, 2.05) is 54.3 Å². The Morgan fingerprint density at radius 2 is 1.79 bits per heavy atom. The zero-order chi connectivity index (χ0) is 23.2. The molecule has 1 saturated heterocycles. The number of ether oxygens (including phenoxy) is 3. The zero-order valence-electron chi connectivity index (χ0n) is 19.4. The van der Waals surface area contributed by atoms with Crippen LogP contribution in [0.1, 0.15) is 40.9 Å². The van der Waals surface area contributed by atoms with Crippen LogP contribution >= 0.6 is 0 Å². The number of carbonyl (C=O) groups excluding carboxylic acids is 1. The summed E-state index contributed by atoms with van der Waals surface area (Å²) in [6, 6.07) is 17.9. The lowest BCUT2D eigenvalue weighted by molar-refractivity contribution is 0.0790. The number of likely N-dealkylation sites (tertiary alicyclic amines) is 1. The van der Waals surface area contributed by atoms with E-state index in [0.717, 1.165) is 29.8 Å². The highest BCUT2D eigenvalue weighted by atomic mass is 16.5. The molecule has 1 fully saturated rings. The van der Waals surface area contributed by atoms with E-state index >= 15 is 0 Å². The van der Waals surface area contributed by atoms with Crippen molar-refractivity contribution in [2.24, 2.45) is 0 Å². The molecule has 2 aromatic carbocycles. The maximum absolute atomic E-state index is 13.4. The Kier molecular flexibility index (Phi) is 7.25. The first-order valence-electron chi connectivity index (χ1n) is 11.3. The summed E-state index contributed by atoms with van der Waals surface area (Å²) in [6.45, 7) is 4.28. The van der Waals surface area contributed by atoms with Gasteiger partial charge >= 0.3 is 0 Å². The highest BCUT2D eigenvalue weighted by Gasteiger charge is 2.29. The minimum atomic E-state index is -0.0148. The van der Waals surface area contributed by atoms with Crippen molar-refractivity contribution in [2.45, 2.75) is 25.9 Å². The predicted octanol–water partition coefficient (Wildman–Crippen LogP) is 4.93. The van der Waals surface area contributed by atoms with Gasteiger partial charge in [-0.25, -0.2) is 0 Å². The van der Waals surface area contributed by atoms with Crippen LogP contribution in [0.4, 0.5) is 0 Å². The summed E-state index contributed by atoms with van der Waals surface area (Å²) in [5, 5.41) is 0. The summed E-state index contributed by atoms with van der Waals surface area (Å²) in [4.78, 5) is 20.0. The number of hydrogen-bond acceptors (Lipinski definition) is 5. The van der Waals surface area contributed by atoms with Crippen LogP contribution in [0.25, 0.3) is 11.1 Å². The number of nitrogens with zero attached hydrogens (tertiary/aromatic N) is 2. The van der Waals surface area contributed by atoms with Gasteiger partial charge in [0, 0.05) is 37.4 Å². The van der Waals surface area contributed by atoms with Crippen molar-refractivity contribution in [1.29, 1.82) is 0 Å². The van der Waals surface area contributed by atoms with E-state index in [1.54, 1.807) is 20.4 Å². The van der Waals surface area contributed by atoms with Gasteiger partial charge in [-0.05, 0) is 37.1 Å². The van der Waals surface area contributed by atoms with Gasteiger partial charge in [0.05, 0.1) is 37.6 Å². The molecule has 1 aliphatic heterocycles. The maximum Gasteiger partial charge on any atom is 0.255 e. The van der Waals surface area contributed by atoms with Crippen molar-refractivity contribution in [3.63, 3.8) is 0 Å². The third-order valence-corrected chi connectivity index (χ3v) is 6.10. The lowest BCUT2D eigenvalue weighted by atomic mass is 9.98. The summed E-state index contributed by atoms with van der Waals surface area (Å²) < 4.78 is 16.9. The second-order valence-electron chi connectivity index (χ2n) is 8.04. The highest BCUT2D eigenvalue weighted by Crippen LogP contribution is 2.40. The van der Waals surface area contributed by atoms with Gasteiger partial charge < -0.3 is 19.1 Å². The van der Waals surface area contributed by atoms with E-state index in [2.05, 4.69) is 17.1 Å². The van der Waals surface area contributed by atoms with Crippen LogP contribution in [0.15, 0.2) is 60.8 Å². The fraction of sp³-hybridized carbons (Fsp3) is 0.333.